The first-order valence-electron chi connectivity index (χ1n) is 6.09. The highest BCUT2D eigenvalue weighted by Gasteiger charge is 2.14. The van der Waals surface area contributed by atoms with Crippen molar-refractivity contribution in [1.82, 2.24) is 0 Å². The van der Waals surface area contributed by atoms with Crippen molar-refractivity contribution in [3.63, 3.8) is 0 Å². The van der Waals surface area contributed by atoms with Gasteiger partial charge in [0.15, 0.2) is 0 Å². The Hall–Kier alpha value is -2.54. The topological polar surface area (TPSA) is 93.7 Å². The molecule has 0 aliphatic carbocycles. The van der Waals surface area contributed by atoms with Crippen LogP contribution >= 0.6 is 11.6 Å². The van der Waals surface area contributed by atoms with Crippen molar-refractivity contribution < 1.29 is 23.9 Å². The zero-order valence-corrected chi connectivity index (χ0v) is 13.0. The largest absolute Gasteiger partial charge is 0.466 e. The van der Waals surface area contributed by atoms with E-state index in [0.29, 0.717) is 11.4 Å². The number of hydrogen-bond donors (Lipinski definition) is 2. The summed E-state index contributed by atoms with van der Waals surface area (Å²) in [5.41, 5.74) is 0.631. The van der Waals surface area contributed by atoms with Crippen LogP contribution < -0.4 is 10.6 Å². The van der Waals surface area contributed by atoms with Crippen LogP contribution in [0, 0.1) is 0 Å². The molecule has 0 saturated carbocycles. The predicted octanol–water partition coefficient (Wildman–Crippen LogP) is 1.94. The summed E-state index contributed by atoms with van der Waals surface area (Å²) in [6.45, 7) is 1.36. The molecule has 1 amide bonds. The van der Waals surface area contributed by atoms with Crippen LogP contribution in [0.5, 0.6) is 0 Å². The number of hydrogen-bond acceptors (Lipinski definition) is 6. The summed E-state index contributed by atoms with van der Waals surface area (Å²) in [6.07, 6.45) is 0.938. The number of benzene rings is 1. The van der Waals surface area contributed by atoms with Crippen LogP contribution in [0.1, 0.15) is 6.92 Å². The van der Waals surface area contributed by atoms with Crippen LogP contribution in [0.15, 0.2) is 30.0 Å². The van der Waals surface area contributed by atoms with Crippen molar-refractivity contribution in [2.75, 3.05) is 24.9 Å². The fourth-order valence-electron chi connectivity index (χ4n) is 1.48. The number of carbonyl (C=O) groups excluding carboxylic acids is 3. The number of rotatable bonds is 5. The second-order valence-electron chi connectivity index (χ2n) is 4.07. The van der Waals surface area contributed by atoms with Gasteiger partial charge in [-0.2, -0.15) is 0 Å². The number of anilines is 2. The zero-order chi connectivity index (χ0) is 16.7. The molecule has 0 atom stereocenters. The lowest BCUT2D eigenvalue weighted by Crippen LogP contribution is -2.16. The first-order valence-corrected chi connectivity index (χ1v) is 6.47. The fourth-order valence-corrected chi connectivity index (χ4v) is 1.64. The van der Waals surface area contributed by atoms with E-state index in [1.165, 1.54) is 33.3 Å². The molecule has 0 aliphatic heterocycles. The minimum absolute atomic E-state index is 0.156. The monoisotopic (exact) mass is 326 g/mol. The van der Waals surface area contributed by atoms with Gasteiger partial charge in [-0.25, -0.2) is 9.59 Å². The molecule has 0 saturated heterocycles. The molecule has 0 aliphatic rings. The molecule has 8 heteroatoms. The Balaban J connectivity index is 3.12. The van der Waals surface area contributed by atoms with Crippen LogP contribution in [0.2, 0.25) is 5.02 Å². The maximum atomic E-state index is 11.7. The second kappa shape index (κ2) is 8.04. The molecule has 2 N–H and O–H groups in total. The number of halogens is 1. The van der Waals surface area contributed by atoms with Gasteiger partial charge in [-0.05, 0) is 18.2 Å². The minimum atomic E-state index is -0.772. The normalized spacial score (nSPS) is 10.6. The molecule has 1 aromatic carbocycles. The first kappa shape index (κ1) is 17.5. The van der Waals surface area contributed by atoms with Crippen molar-refractivity contribution in [1.29, 1.82) is 0 Å². The number of nitrogens with one attached hydrogen (secondary N) is 2. The number of carbonyl (C=O) groups is 3. The lowest BCUT2D eigenvalue weighted by molar-refractivity contribution is -0.138. The molecule has 0 fully saturated rings. The van der Waals surface area contributed by atoms with Gasteiger partial charge in [0.1, 0.15) is 5.70 Å². The average Bonchev–Trinajstić information content (AvgIpc) is 2.48. The van der Waals surface area contributed by atoms with Crippen molar-refractivity contribution in [2.45, 2.75) is 6.92 Å². The number of esters is 2. The summed E-state index contributed by atoms with van der Waals surface area (Å²) in [6, 6.07) is 4.64. The lowest BCUT2D eigenvalue weighted by atomic mass is 10.2. The summed E-state index contributed by atoms with van der Waals surface area (Å²) in [5.74, 6) is -1.76. The Bertz CT molecular complexity index is 628. The Morgan fingerprint density at radius 1 is 1.14 bits per heavy atom. The Morgan fingerprint density at radius 3 is 2.36 bits per heavy atom. The van der Waals surface area contributed by atoms with E-state index >= 15 is 0 Å². The van der Waals surface area contributed by atoms with E-state index in [4.69, 9.17) is 11.6 Å². The highest BCUT2D eigenvalue weighted by Crippen LogP contribution is 2.27. The summed E-state index contributed by atoms with van der Waals surface area (Å²) in [4.78, 5) is 34.0. The predicted molar refractivity (Wildman–Crippen MR) is 81.5 cm³/mol. The van der Waals surface area contributed by atoms with E-state index in [9.17, 15) is 14.4 Å². The van der Waals surface area contributed by atoms with Gasteiger partial charge >= 0.3 is 11.9 Å². The third-order valence-corrected chi connectivity index (χ3v) is 2.75. The van der Waals surface area contributed by atoms with Gasteiger partial charge in [-0.1, -0.05) is 11.6 Å². The Morgan fingerprint density at radius 2 is 1.82 bits per heavy atom. The van der Waals surface area contributed by atoms with E-state index < -0.39 is 11.9 Å². The molecule has 0 bridgehead atoms. The van der Waals surface area contributed by atoms with E-state index in [0.717, 1.165) is 6.08 Å². The zero-order valence-electron chi connectivity index (χ0n) is 12.2. The molecular weight excluding hydrogens is 312 g/mol. The quantitative estimate of drug-likeness (QED) is 0.634. The summed E-state index contributed by atoms with van der Waals surface area (Å²) < 4.78 is 9.04. The number of methoxy groups -OCH3 is 2. The maximum absolute atomic E-state index is 11.7. The third kappa shape index (κ3) is 5.10. The van der Waals surface area contributed by atoms with Gasteiger partial charge in [-0.3, -0.25) is 4.79 Å². The molecule has 118 valence electrons. The van der Waals surface area contributed by atoms with E-state index in [1.807, 2.05) is 0 Å². The molecule has 0 unspecified atom stereocenters. The van der Waals surface area contributed by atoms with Crippen LogP contribution in [-0.2, 0) is 23.9 Å². The standard InChI is InChI=1S/C14H15ClN2O5/c1-8(18)16-9-4-5-10(15)11(6-9)17-12(14(20)22-3)7-13(19)21-2/h4-7,17H,1-3H3,(H,16,18)/b12-7+. The van der Waals surface area contributed by atoms with Gasteiger partial charge in [0, 0.05) is 12.6 Å². The van der Waals surface area contributed by atoms with Crippen molar-refractivity contribution >= 4 is 40.8 Å². The van der Waals surface area contributed by atoms with Crippen molar-refractivity contribution in [3.8, 4) is 0 Å². The molecule has 0 spiro atoms. The molecule has 1 rings (SSSR count). The highest BCUT2D eigenvalue weighted by molar-refractivity contribution is 6.33. The minimum Gasteiger partial charge on any atom is -0.466 e. The van der Waals surface area contributed by atoms with Crippen LogP contribution in [0.25, 0.3) is 0 Å². The Kier molecular flexibility index (Phi) is 6.40. The third-order valence-electron chi connectivity index (χ3n) is 2.42. The summed E-state index contributed by atoms with van der Waals surface area (Å²) in [7, 11) is 2.35. The Labute approximate surface area is 132 Å². The van der Waals surface area contributed by atoms with Crippen molar-refractivity contribution in [2.24, 2.45) is 0 Å². The van der Waals surface area contributed by atoms with E-state index in [1.54, 1.807) is 6.07 Å². The average molecular weight is 327 g/mol. The smallest absolute Gasteiger partial charge is 0.354 e. The van der Waals surface area contributed by atoms with Crippen LogP contribution in [0.3, 0.4) is 0 Å². The van der Waals surface area contributed by atoms with Gasteiger partial charge < -0.3 is 20.1 Å². The molecule has 0 aromatic heterocycles. The number of ether oxygens (including phenoxy) is 2. The summed E-state index contributed by atoms with van der Waals surface area (Å²) in [5, 5.41) is 5.54. The molecule has 0 heterocycles. The SMILES string of the molecule is COC(=O)/C=C(/Nc1cc(NC(C)=O)ccc1Cl)C(=O)OC. The fraction of sp³-hybridized carbons (Fsp3) is 0.214. The van der Waals surface area contributed by atoms with Crippen LogP contribution in [-0.4, -0.2) is 32.1 Å². The molecule has 1 aromatic rings. The van der Waals surface area contributed by atoms with Gasteiger partial charge in [0.05, 0.1) is 31.0 Å². The summed E-state index contributed by atoms with van der Waals surface area (Å²) >= 11 is 6.02. The highest BCUT2D eigenvalue weighted by atomic mass is 35.5. The molecular formula is C14H15ClN2O5. The van der Waals surface area contributed by atoms with Gasteiger partial charge in [0.2, 0.25) is 5.91 Å². The molecule has 22 heavy (non-hydrogen) atoms. The van der Waals surface area contributed by atoms with Gasteiger partial charge in [0.25, 0.3) is 0 Å². The van der Waals surface area contributed by atoms with Gasteiger partial charge in [-0.15, -0.1) is 0 Å². The molecule has 7 nitrogen and oxygen atoms in total. The number of amides is 1. The second-order valence-corrected chi connectivity index (χ2v) is 4.48. The maximum Gasteiger partial charge on any atom is 0.354 e. The lowest BCUT2D eigenvalue weighted by Gasteiger charge is -2.12. The van der Waals surface area contributed by atoms with E-state index in [2.05, 4.69) is 20.1 Å². The van der Waals surface area contributed by atoms with E-state index in [-0.39, 0.29) is 16.6 Å². The van der Waals surface area contributed by atoms with Crippen LogP contribution in [0.4, 0.5) is 11.4 Å². The van der Waals surface area contributed by atoms with Crippen molar-refractivity contribution in [3.05, 3.63) is 35.0 Å². The molecule has 0 radical (unpaired) electrons. The first-order chi connectivity index (χ1) is 10.4.